The van der Waals surface area contributed by atoms with Crippen LogP contribution >= 0.6 is 15.9 Å². The van der Waals surface area contributed by atoms with E-state index < -0.39 is 5.97 Å². The van der Waals surface area contributed by atoms with Gasteiger partial charge in [-0.25, -0.2) is 4.79 Å². The first-order chi connectivity index (χ1) is 10.8. The van der Waals surface area contributed by atoms with E-state index in [1.54, 1.807) is 18.2 Å². The maximum Gasteiger partial charge on any atom is 0.379 e. The molecular weight excluding hydrogens is 356 g/mol. The summed E-state index contributed by atoms with van der Waals surface area (Å²) in [6.07, 6.45) is 0. The smallest absolute Gasteiger partial charge is 0.379 e. The number of hydrogen-bond donors (Lipinski definition) is 0. The van der Waals surface area contributed by atoms with Crippen LogP contribution in [0.1, 0.15) is 36.9 Å². The fourth-order valence-electron chi connectivity index (χ4n) is 2.30. The maximum atomic E-state index is 12.2. The Labute approximate surface area is 143 Å². The molecule has 0 saturated heterocycles. The van der Waals surface area contributed by atoms with Crippen LogP contribution in [0, 0.1) is 0 Å². The summed E-state index contributed by atoms with van der Waals surface area (Å²) in [6.45, 7) is 6.42. The molecule has 0 N–H and O–H groups in total. The van der Waals surface area contributed by atoms with Crippen molar-refractivity contribution in [2.75, 3.05) is 0 Å². The molecule has 0 amide bonds. The molecule has 4 heteroatoms. The van der Waals surface area contributed by atoms with E-state index in [2.05, 4.69) is 36.7 Å². The average molecular weight is 373 g/mol. The Morgan fingerprint density at radius 1 is 1.04 bits per heavy atom. The molecule has 23 heavy (non-hydrogen) atoms. The molecule has 0 bridgehead atoms. The fraction of sp³-hybridized carbons (Fsp3) is 0.211. The van der Waals surface area contributed by atoms with Crippen LogP contribution in [0.15, 0.2) is 57.4 Å². The van der Waals surface area contributed by atoms with Gasteiger partial charge in [0.25, 0.3) is 0 Å². The molecule has 0 saturated carbocycles. The van der Waals surface area contributed by atoms with E-state index in [-0.39, 0.29) is 11.2 Å². The second-order valence-electron chi connectivity index (χ2n) is 6.46. The SMILES string of the molecule is CC(C)(C)c1ccc(OC(=O)c2cc3cc(Br)ccc3o2)cc1. The van der Waals surface area contributed by atoms with Gasteiger partial charge in [-0.1, -0.05) is 48.8 Å². The van der Waals surface area contributed by atoms with Crippen LogP contribution in [-0.2, 0) is 5.41 Å². The van der Waals surface area contributed by atoms with Crippen molar-refractivity contribution in [2.24, 2.45) is 0 Å². The van der Waals surface area contributed by atoms with E-state index in [0.29, 0.717) is 11.3 Å². The quantitative estimate of drug-likeness (QED) is 0.427. The number of carbonyl (C=O) groups is 1. The molecule has 0 radical (unpaired) electrons. The minimum Gasteiger partial charge on any atom is -0.449 e. The van der Waals surface area contributed by atoms with Crippen molar-refractivity contribution in [3.8, 4) is 5.75 Å². The Kier molecular flexibility index (Phi) is 4.02. The average Bonchev–Trinajstić information content (AvgIpc) is 2.90. The summed E-state index contributed by atoms with van der Waals surface area (Å²) in [4.78, 5) is 12.2. The van der Waals surface area contributed by atoms with Crippen LogP contribution in [-0.4, -0.2) is 5.97 Å². The van der Waals surface area contributed by atoms with Crippen molar-refractivity contribution in [1.82, 2.24) is 0 Å². The number of ether oxygens (including phenoxy) is 1. The van der Waals surface area contributed by atoms with Gasteiger partial charge < -0.3 is 9.15 Å². The van der Waals surface area contributed by atoms with Crippen LogP contribution in [0.5, 0.6) is 5.75 Å². The van der Waals surface area contributed by atoms with Gasteiger partial charge in [-0.3, -0.25) is 0 Å². The lowest BCUT2D eigenvalue weighted by molar-refractivity contribution is 0.0704. The zero-order valence-electron chi connectivity index (χ0n) is 13.2. The van der Waals surface area contributed by atoms with Crippen molar-refractivity contribution in [2.45, 2.75) is 26.2 Å². The van der Waals surface area contributed by atoms with Gasteiger partial charge in [0.15, 0.2) is 0 Å². The molecular formula is C19H17BrO3. The number of esters is 1. The highest BCUT2D eigenvalue weighted by molar-refractivity contribution is 9.10. The minimum absolute atomic E-state index is 0.0641. The standard InChI is InChI=1S/C19H17BrO3/c1-19(2,3)13-4-7-15(8-5-13)22-18(21)17-11-12-10-14(20)6-9-16(12)23-17/h4-11H,1-3H3. The first-order valence-electron chi connectivity index (χ1n) is 7.35. The van der Waals surface area contributed by atoms with Crippen LogP contribution in [0.25, 0.3) is 11.0 Å². The molecule has 1 aromatic heterocycles. The Morgan fingerprint density at radius 3 is 2.39 bits per heavy atom. The number of furan rings is 1. The van der Waals surface area contributed by atoms with Crippen molar-refractivity contribution in [3.63, 3.8) is 0 Å². The predicted molar refractivity (Wildman–Crippen MR) is 94.0 cm³/mol. The van der Waals surface area contributed by atoms with Crippen LogP contribution < -0.4 is 4.74 Å². The summed E-state index contributed by atoms with van der Waals surface area (Å²) in [5.41, 5.74) is 1.91. The van der Waals surface area contributed by atoms with Crippen molar-refractivity contribution < 1.29 is 13.9 Å². The zero-order valence-corrected chi connectivity index (χ0v) is 14.8. The van der Waals surface area contributed by atoms with E-state index in [1.807, 2.05) is 30.3 Å². The molecule has 0 aliphatic rings. The van der Waals surface area contributed by atoms with E-state index in [0.717, 1.165) is 9.86 Å². The fourth-order valence-corrected chi connectivity index (χ4v) is 2.67. The first kappa shape index (κ1) is 15.8. The lowest BCUT2D eigenvalue weighted by Gasteiger charge is -2.18. The molecule has 118 valence electrons. The van der Waals surface area contributed by atoms with Gasteiger partial charge in [0.2, 0.25) is 5.76 Å². The minimum atomic E-state index is -0.499. The van der Waals surface area contributed by atoms with Gasteiger partial charge in [-0.05, 0) is 47.4 Å². The highest BCUT2D eigenvalue weighted by atomic mass is 79.9. The van der Waals surface area contributed by atoms with Gasteiger partial charge in [-0.2, -0.15) is 0 Å². The molecule has 3 nitrogen and oxygen atoms in total. The summed E-state index contributed by atoms with van der Waals surface area (Å²) in [5.74, 6) is 0.198. The second kappa shape index (κ2) is 5.85. The Hall–Kier alpha value is -2.07. The summed E-state index contributed by atoms with van der Waals surface area (Å²) < 4.78 is 11.9. The van der Waals surface area contributed by atoms with Crippen LogP contribution in [0.4, 0.5) is 0 Å². The molecule has 1 heterocycles. The number of rotatable bonds is 2. The summed E-state index contributed by atoms with van der Waals surface area (Å²) >= 11 is 3.40. The van der Waals surface area contributed by atoms with Gasteiger partial charge in [-0.15, -0.1) is 0 Å². The predicted octanol–water partition coefficient (Wildman–Crippen LogP) is 5.71. The van der Waals surface area contributed by atoms with E-state index >= 15 is 0 Å². The molecule has 2 aromatic carbocycles. The molecule has 0 atom stereocenters. The number of carbonyl (C=O) groups excluding carboxylic acids is 1. The lowest BCUT2D eigenvalue weighted by Crippen LogP contribution is -2.11. The number of halogens is 1. The molecule has 0 fully saturated rings. The second-order valence-corrected chi connectivity index (χ2v) is 7.37. The highest BCUT2D eigenvalue weighted by Crippen LogP contribution is 2.26. The number of benzene rings is 2. The summed E-state index contributed by atoms with van der Waals surface area (Å²) in [6, 6.07) is 14.8. The highest BCUT2D eigenvalue weighted by Gasteiger charge is 2.16. The van der Waals surface area contributed by atoms with E-state index in [4.69, 9.17) is 9.15 Å². The number of hydrogen-bond acceptors (Lipinski definition) is 3. The topological polar surface area (TPSA) is 39.4 Å². The van der Waals surface area contributed by atoms with Crippen LogP contribution in [0.2, 0.25) is 0 Å². The molecule has 0 spiro atoms. The lowest BCUT2D eigenvalue weighted by atomic mass is 9.87. The summed E-state index contributed by atoms with van der Waals surface area (Å²) in [5, 5.41) is 0.856. The molecule has 0 unspecified atom stereocenters. The largest absolute Gasteiger partial charge is 0.449 e. The van der Waals surface area contributed by atoms with E-state index in [9.17, 15) is 4.79 Å². The van der Waals surface area contributed by atoms with E-state index in [1.165, 1.54) is 5.56 Å². The monoisotopic (exact) mass is 372 g/mol. The van der Waals surface area contributed by atoms with Gasteiger partial charge in [0, 0.05) is 9.86 Å². The Morgan fingerprint density at radius 2 is 1.74 bits per heavy atom. The first-order valence-corrected chi connectivity index (χ1v) is 8.14. The Bertz CT molecular complexity index is 854. The third kappa shape index (κ3) is 3.48. The van der Waals surface area contributed by atoms with Crippen molar-refractivity contribution in [3.05, 3.63) is 64.3 Å². The molecule has 3 rings (SSSR count). The van der Waals surface area contributed by atoms with Gasteiger partial charge in [0.05, 0.1) is 0 Å². The summed E-state index contributed by atoms with van der Waals surface area (Å²) in [7, 11) is 0. The third-order valence-electron chi connectivity index (χ3n) is 3.61. The molecule has 0 aliphatic heterocycles. The van der Waals surface area contributed by atoms with Crippen molar-refractivity contribution >= 4 is 32.9 Å². The number of fused-ring (bicyclic) bond motifs is 1. The van der Waals surface area contributed by atoms with Crippen LogP contribution in [0.3, 0.4) is 0 Å². The normalized spacial score (nSPS) is 11.7. The molecule has 3 aromatic rings. The maximum absolute atomic E-state index is 12.2. The third-order valence-corrected chi connectivity index (χ3v) is 4.10. The van der Waals surface area contributed by atoms with Crippen molar-refractivity contribution in [1.29, 1.82) is 0 Å². The van der Waals surface area contributed by atoms with Gasteiger partial charge in [0.1, 0.15) is 11.3 Å². The van der Waals surface area contributed by atoms with Gasteiger partial charge >= 0.3 is 5.97 Å². The molecule has 0 aliphatic carbocycles. The zero-order chi connectivity index (χ0) is 16.6. The Balaban J connectivity index is 1.80.